The highest BCUT2D eigenvalue weighted by atomic mass is 31.2. The van der Waals surface area contributed by atoms with Crippen LogP contribution < -0.4 is 0 Å². The number of aliphatic hydroxyl groups excluding tert-OH is 2. The Morgan fingerprint density at radius 2 is 2.15 bits per heavy atom. The lowest BCUT2D eigenvalue weighted by Gasteiger charge is -2.13. The Hall–Kier alpha value is -0.500. The van der Waals surface area contributed by atoms with Crippen molar-refractivity contribution >= 4 is 13.8 Å². The number of carboxylic acid groups (broad SMARTS) is 1. The lowest BCUT2D eigenvalue weighted by molar-refractivity contribution is -0.154. The maximum Gasteiger partial charge on any atom is 0.469 e. The van der Waals surface area contributed by atoms with Gasteiger partial charge < -0.3 is 25.1 Å². The maximum atomic E-state index is 10.5. The molecule has 0 bridgehead atoms. The van der Waals surface area contributed by atoms with Gasteiger partial charge in [-0.05, 0) is 0 Å². The lowest BCUT2D eigenvalue weighted by Crippen LogP contribution is -2.36. The zero-order valence-electron chi connectivity index (χ0n) is 7.23. The first kappa shape index (κ1) is 10.6. The van der Waals surface area contributed by atoms with Crippen molar-refractivity contribution < 1.29 is 39.0 Å². The number of hydrogen-bond donors (Lipinski definition) is 5. The van der Waals surface area contributed by atoms with E-state index >= 15 is 0 Å². The van der Waals surface area contributed by atoms with Crippen LogP contribution in [0, 0.1) is 0 Å². The van der Waals surface area contributed by atoms with E-state index in [4.69, 9.17) is 21.6 Å². The third kappa shape index (κ3) is 5.69. The summed E-state index contributed by atoms with van der Waals surface area (Å²) in [5, 5.41) is 25.7. The van der Waals surface area contributed by atoms with E-state index in [1.54, 1.807) is 0 Å². The molecular weight excluding hydrogens is 207 g/mol. The summed E-state index contributed by atoms with van der Waals surface area (Å²) in [7, 11) is -4.59. The average molecular weight is 217 g/mol. The molecule has 0 fully saturated rings. The average Bonchev–Trinajstić information content (AvgIpc) is 2.13. The van der Waals surface area contributed by atoms with Crippen LogP contribution in [0.3, 0.4) is 0 Å². The second-order valence-corrected chi connectivity index (χ2v) is 3.31. The molecule has 9 heteroatoms. The third-order valence-electron chi connectivity index (χ3n) is 1.03. The Morgan fingerprint density at radius 3 is 2.54 bits per heavy atom. The Balaban J connectivity index is 4.03. The SMILES string of the molecule is [2H]OP(=O)(O)OCC(O)C(O)C(=O)O. The van der Waals surface area contributed by atoms with Gasteiger partial charge in [-0.1, -0.05) is 0 Å². The highest BCUT2D eigenvalue weighted by Crippen LogP contribution is 2.35. The van der Waals surface area contributed by atoms with Crippen molar-refractivity contribution in [3.63, 3.8) is 0 Å². The van der Waals surface area contributed by atoms with E-state index in [9.17, 15) is 9.36 Å². The van der Waals surface area contributed by atoms with Crippen LogP contribution in [0.25, 0.3) is 0 Å². The van der Waals surface area contributed by atoms with Gasteiger partial charge in [0.25, 0.3) is 0 Å². The number of rotatable bonds is 6. The molecule has 0 spiro atoms. The van der Waals surface area contributed by atoms with E-state index in [1.807, 2.05) is 0 Å². The number of aliphatic hydroxyl groups is 2. The topological polar surface area (TPSA) is 145 Å². The van der Waals surface area contributed by atoms with Gasteiger partial charge in [-0.2, -0.15) is 0 Å². The molecule has 13 heavy (non-hydrogen) atoms. The molecule has 0 aromatic heterocycles. The molecule has 0 aromatic carbocycles. The molecule has 3 atom stereocenters. The largest absolute Gasteiger partial charge is 0.479 e. The number of phosphoric ester groups is 1. The highest BCUT2D eigenvalue weighted by Gasteiger charge is 2.26. The molecule has 0 rings (SSSR count). The molecule has 5 N–H and O–H groups in total. The van der Waals surface area contributed by atoms with Crippen molar-refractivity contribution in [2.75, 3.05) is 6.61 Å². The van der Waals surface area contributed by atoms with Crippen LogP contribution in [0.2, 0.25) is 0 Å². The van der Waals surface area contributed by atoms with Crippen molar-refractivity contribution in [1.82, 2.24) is 0 Å². The van der Waals surface area contributed by atoms with Crippen LogP contribution in [-0.2, 0) is 13.9 Å². The zero-order valence-corrected chi connectivity index (χ0v) is 7.13. The van der Waals surface area contributed by atoms with E-state index in [-0.39, 0.29) is 0 Å². The molecule has 0 saturated heterocycles. The van der Waals surface area contributed by atoms with Crippen LogP contribution in [0.1, 0.15) is 0 Å². The Bertz CT molecular complexity index is 243. The van der Waals surface area contributed by atoms with Crippen LogP contribution in [0.15, 0.2) is 0 Å². The van der Waals surface area contributed by atoms with Crippen LogP contribution in [0.5, 0.6) is 0 Å². The molecule has 0 radical (unpaired) electrons. The van der Waals surface area contributed by atoms with E-state index in [2.05, 4.69) is 9.42 Å². The van der Waals surface area contributed by atoms with Crippen LogP contribution in [-0.4, -0.2) is 51.3 Å². The number of carboxylic acids is 1. The van der Waals surface area contributed by atoms with Gasteiger partial charge in [-0.25, -0.2) is 9.36 Å². The van der Waals surface area contributed by atoms with Gasteiger partial charge in [0.15, 0.2) is 6.10 Å². The first-order valence-electron chi connectivity index (χ1n) is 3.42. The summed E-state index contributed by atoms with van der Waals surface area (Å²) in [5.41, 5.74) is 0. The standard InChI is InChI=1S/C4H9O8P/c5-2(3(6)4(7)8)1-12-13(9,10)11/h2-3,5-6H,1H2,(H,7,8)(H2,9,10,11)/i/hD. The summed E-state index contributed by atoms with van der Waals surface area (Å²) in [6.07, 6.45) is -4.02. The van der Waals surface area contributed by atoms with Gasteiger partial charge in [-0.3, -0.25) is 4.52 Å². The fourth-order valence-electron chi connectivity index (χ4n) is 0.426. The summed E-state index contributed by atoms with van der Waals surface area (Å²) < 4.78 is 20.4. The molecule has 0 aliphatic carbocycles. The normalized spacial score (nSPS) is 21.3. The highest BCUT2D eigenvalue weighted by molar-refractivity contribution is 7.46. The zero-order chi connectivity index (χ0) is 11.4. The first-order chi connectivity index (χ1) is 6.30. The smallest absolute Gasteiger partial charge is 0.469 e. The number of hydrogen-bond acceptors (Lipinski definition) is 6. The predicted octanol–water partition coefficient (Wildman–Crippen LogP) is -2.10. The third-order valence-corrected chi connectivity index (χ3v) is 1.50. The minimum absolute atomic E-state index is 0.944. The van der Waals surface area contributed by atoms with E-state index < -0.39 is 32.6 Å². The minimum atomic E-state index is -4.59. The summed E-state index contributed by atoms with van der Waals surface area (Å²) in [5.74, 6) is -1.71. The van der Waals surface area contributed by atoms with Crippen molar-refractivity contribution in [1.29, 1.82) is 1.43 Å². The molecule has 8 nitrogen and oxygen atoms in total. The number of phosphoric acid groups is 1. The second-order valence-electron chi connectivity index (χ2n) is 2.11. The molecule has 0 saturated carbocycles. The Morgan fingerprint density at radius 1 is 1.62 bits per heavy atom. The molecule has 3 unspecified atom stereocenters. The number of carbonyl (C=O) groups is 1. The van der Waals surface area contributed by atoms with Crippen molar-refractivity contribution in [3.05, 3.63) is 0 Å². The van der Waals surface area contributed by atoms with Crippen molar-refractivity contribution in [2.45, 2.75) is 12.2 Å². The van der Waals surface area contributed by atoms with Crippen LogP contribution >= 0.6 is 7.82 Å². The molecular formula is C4H9O8P. The Labute approximate surface area is 74.1 Å². The van der Waals surface area contributed by atoms with Crippen molar-refractivity contribution in [3.8, 4) is 0 Å². The number of aliphatic carboxylic acids is 1. The lowest BCUT2D eigenvalue weighted by atomic mass is 10.2. The fraction of sp³-hybridized carbons (Fsp3) is 0.750. The summed E-state index contributed by atoms with van der Waals surface area (Å²) in [4.78, 5) is 21.8. The van der Waals surface area contributed by atoms with E-state index in [0.29, 0.717) is 0 Å². The van der Waals surface area contributed by atoms with Gasteiger partial charge >= 0.3 is 13.8 Å². The van der Waals surface area contributed by atoms with Gasteiger partial charge in [0.1, 0.15) is 6.10 Å². The van der Waals surface area contributed by atoms with E-state index in [1.165, 1.54) is 0 Å². The summed E-state index contributed by atoms with van der Waals surface area (Å²) >= 11 is 0. The van der Waals surface area contributed by atoms with Gasteiger partial charge in [0.2, 0.25) is 1.43 Å². The predicted molar refractivity (Wildman–Crippen MR) is 37.6 cm³/mol. The molecule has 0 aliphatic rings. The first-order valence-corrected chi connectivity index (χ1v) is 4.51. The van der Waals surface area contributed by atoms with Gasteiger partial charge in [-0.15, -0.1) is 0 Å². The summed E-state index contributed by atoms with van der Waals surface area (Å²) in [6.45, 7) is -0.944. The monoisotopic (exact) mass is 217 g/mol. The van der Waals surface area contributed by atoms with Gasteiger partial charge in [0.05, 0.1) is 6.61 Å². The van der Waals surface area contributed by atoms with Crippen LogP contribution in [0.4, 0.5) is 0 Å². The summed E-state index contributed by atoms with van der Waals surface area (Å²) in [6, 6.07) is 0. The van der Waals surface area contributed by atoms with Gasteiger partial charge in [0, 0.05) is 0 Å². The molecule has 78 valence electrons. The maximum absolute atomic E-state index is 10.5. The molecule has 0 amide bonds. The fourth-order valence-corrected chi connectivity index (χ4v) is 0.767. The quantitative estimate of drug-likeness (QED) is 0.318. The minimum Gasteiger partial charge on any atom is -0.479 e. The molecule has 0 aromatic rings. The molecule has 0 heterocycles. The Kier molecular flexibility index (Phi) is 3.79. The molecule has 0 aliphatic heterocycles. The van der Waals surface area contributed by atoms with E-state index in [0.717, 1.165) is 0 Å². The van der Waals surface area contributed by atoms with Crippen molar-refractivity contribution in [2.24, 2.45) is 0 Å². The second kappa shape index (κ2) is 4.66.